The molecule has 0 bridgehead atoms. The maximum Gasteiger partial charge on any atom is 0.308 e. The molecule has 0 spiro atoms. The van der Waals surface area contributed by atoms with Crippen molar-refractivity contribution >= 4 is 11.9 Å². The monoisotopic (exact) mass is 515 g/mol. The van der Waals surface area contributed by atoms with Crippen LogP contribution in [-0.4, -0.2) is 91.2 Å². The predicted octanol–water partition coefficient (Wildman–Crippen LogP) is 4.50. The molecule has 2 aliphatic heterocycles. The summed E-state index contributed by atoms with van der Waals surface area (Å²) in [5, 5.41) is 10.4. The lowest BCUT2D eigenvalue weighted by Crippen LogP contribution is -2.45. The Balaban J connectivity index is 1.84. The number of carboxylic acid groups (broad SMARTS) is 1. The molecule has 1 saturated heterocycles. The fourth-order valence-electron chi connectivity index (χ4n) is 6.15. The largest absolute Gasteiger partial charge is 0.493 e. The lowest BCUT2D eigenvalue weighted by molar-refractivity contribution is -0.144. The van der Waals surface area contributed by atoms with Gasteiger partial charge in [-0.05, 0) is 63.0 Å². The summed E-state index contributed by atoms with van der Waals surface area (Å²) in [5.74, 6) is 0.0563. The zero-order valence-electron chi connectivity index (χ0n) is 23.7. The van der Waals surface area contributed by atoms with E-state index in [0.717, 1.165) is 75.9 Å². The average Bonchev–Trinajstić information content (AvgIpc) is 3.45. The van der Waals surface area contributed by atoms with Crippen LogP contribution in [0.15, 0.2) is 18.2 Å². The van der Waals surface area contributed by atoms with Gasteiger partial charge in [0, 0.05) is 38.0 Å². The van der Waals surface area contributed by atoms with Crippen LogP contribution in [0.3, 0.4) is 0 Å². The number of unbranched alkanes of at least 4 members (excludes halogenated alkanes) is 1. The Kier molecular flexibility index (Phi) is 11.3. The van der Waals surface area contributed by atoms with E-state index in [-0.39, 0.29) is 17.9 Å². The number of rotatable bonds is 15. The molecule has 1 aromatic rings. The molecule has 0 radical (unpaired) electrons. The number of hydrogen-bond donors (Lipinski definition) is 1. The van der Waals surface area contributed by atoms with Crippen LogP contribution in [0.4, 0.5) is 0 Å². The molecule has 3 rings (SSSR count). The van der Waals surface area contributed by atoms with Gasteiger partial charge in [-0.3, -0.25) is 14.5 Å². The van der Waals surface area contributed by atoms with Crippen molar-refractivity contribution in [3.8, 4) is 5.75 Å². The van der Waals surface area contributed by atoms with Crippen LogP contribution in [0.5, 0.6) is 5.75 Å². The van der Waals surface area contributed by atoms with Gasteiger partial charge in [0.1, 0.15) is 5.75 Å². The first-order valence-electron chi connectivity index (χ1n) is 14.4. The SMILES string of the molecule is CCCCN(CCCN(C)C)C(=O)CN1CC(c2ccc3c(c2)CCO3)C(C(=O)O)C1CC(C)CCC. The summed E-state index contributed by atoms with van der Waals surface area (Å²) >= 11 is 0. The first kappa shape index (κ1) is 29.4. The standard InChI is InChI=1S/C30H49N3O4/c1-6-8-15-32(16-9-14-31(4)5)28(34)21-33-20-25(23-11-12-27-24(19-23)13-17-37-27)29(30(35)36)26(33)18-22(3)10-7-2/h11-12,19,22,25-26,29H,6-10,13-18,20-21H2,1-5H3,(H,35,36). The third-order valence-corrected chi connectivity index (χ3v) is 8.11. The molecular formula is C30H49N3O4. The molecule has 0 saturated carbocycles. The smallest absolute Gasteiger partial charge is 0.308 e. The van der Waals surface area contributed by atoms with Gasteiger partial charge in [0.15, 0.2) is 0 Å². The second kappa shape index (κ2) is 14.1. The van der Waals surface area contributed by atoms with Crippen LogP contribution in [-0.2, 0) is 16.0 Å². The van der Waals surface area contributed by atoms with Crippen molar-refractivity contribution in [3.63, 3.8) is 0 Å². The number of ether oxygens (including phenoxy) is 1. The Labute approximate surface area is 224 Å². The highest BCUT2D eigenvalue weighted by Gasteiger charge is 2.47. The van der Waals surface area contributed by atoms with Gasteiger partial charge in [-0.2, -0.15) is 0 Å². The first-order valence-corrected chi connectivity index (χ1v) is 14.4. The normalized spacial score (nSPS) is 22.2. The van der Waals surface area contributed by atoms with Crippen molar-refractivity contribution in [2.45, 2.75) is 77.7 Å². The summed E-state index contributed by atoms with van der Waals surface area (Å²) in [7, 11) is 4.11. The minimum atomic E-state index is -0.751. The number of carbonyl (C=O) groups excluding carboxylic acids is 1. The lowest BCUT2D eigenvalue weighted by atomic mass is 9.81. The number of carboxylic acids is 1. The molecule has 1 amide bonds. The zero-order valence-corrected chi connectivity index (χ0v) is 23.7. The van der Waals surface area contributed by atoms with Gasteiger partial charge in [-0.1, -0.05) is 52.2 Å². The van der Waals surface area contributed by atoms with Gasteiger partial charge in [0.2, 0.25) is 5.91 Å². The molecular weight excluding hydrogens is 466 g/mol. The van der Waals surface area contributed by atoms with E-state index in [1.807, 2.05) is 17.0 Å². The highest BCUT2D eigenvalue weighted by molar-refractivity contribution is 5.79. The van der Waals surface area contributed by atoms with Gasteiger partial charge in [-0.25, -0.2) is 0 Å². The minimum absolute atomic E-state index is 0.132. The number of benzene rings is 1. The molecule has 4 unspecified atom stereocenters. The number of carbonyl (C=O) groups is 2. The van der Waals surface area contributed by atoms with E-state index in [0.29, 0.717) is 25.6 Å². The molecule has 2 aliphatic rings. The van der Waals surface area contributed by atoms with Crippen molar-refractivity contribution in [2.24, 2.45) is 11.8 Å². The molecule has 7 nitrogen and oxygen atoms in total. The maximum atomic E-state index is 13.6. The molecule has 4 atom stereocenters. The third-order valence-electron chi connectivity index (χ3n) is 8.11. The van der Waals surface area contributed by atoms with Crippen molar-refractivity contribution in [2.75, 3.05) is 53.4 Å². The Bertz CT molecular complexity index is 890. The zero-order chi connectivity index (χ0) is 26.9. The summed E-state index contributed by atoms with van der Waals surface area (Å²) in [4.78, 5) is 32.7. The number of nitrogens with zero attached hydrogens (tertiary/aromatic N) is 3. The van der Waals surface area contributed by atoms with Crippen LogP contribution in [0.25, 0.3) is 0 Å². The first-order chi connectivity index (χ1) is 17.7. The molecule has 1 fully saturated rings. The molecule has 0 aromatic heterocycles. The topological polar surface area (TPSA) is 73.3 Å². The lowest BCUT2D eigenvalue weighted by Gasteiger charge is -2.31. The van der Waals surface area contributed by atoms with Crippen LogP contribution in [0.2, 0.25) is 0 Å². The summed E-state index contributed by atoms with van der Waals surface area (Å²) in [6.07, 6.45) is 6.79. The van der Waals surface area contributed by atoms with Gasteiger partial charge in [0.05, 0.1) is 19.1 Å². The second-order valence-electron chi connectivity index (χ2n) is 11.5. The Morgan fingerprint density at radius 2 is 1.89 bits per heavy atom. The molecule has 208 valence electrons. The Morgan fingerprint density at radius 3 is 2.57 bits per heavy atom. The van der Waals surface area contributed by atoms with Crippen molar-refractivity contribution < 1.29 is 19.4 Å². The highest BCUT2D eigenvalue weighted by atomic mass is 16.5. The fourth-order valence-corrected chi connectivity index (χ4v) is 6.15. The summed E-state index contributed by atoms with van der Waals surface area (Å²) in [5.41, 5.74) is 2.23. The van der Waals surface area contributed by atoms with E-state index >= 15 is 0 Å². The van der Waals surface area contributed by atoms with Crippen LogP contribution in [0, 0.1) is 11.8 Å². The molecule has 2 heterocycles. The fraction of sp³-hybridized carbons (Fsp3) is 0.733. The van der Waals surface area contributed by atoms with Crippen molar-refractivity contribution in [1.29, 1.82) is 0 Å². The van der Waals surface area contributed by atoms with Crippen LogP contribution in [0.1, 0.15) is 76.3 Å². The van der Waals surface area contributed by atoms with Gasteiger partial charge >= 0.3 is 5.97 Å². The third kappa shape index (κ3) is 7.93. The number of hydrogen-bond acceptors (Lipinski definition) is 5. The number of fused-ring (bicyclic) bond motifs is 1. The van der Waals surface area contributed by atoms with E-state index in [1.54, 1.807) is 0 Å². The maximum absolute atomic E-state index is 13.6. The van der Waals surface area contributed by atoms with Gasteiger partial charge in [-0.15, -0.1) is 0 Å². The summed E-state index contributed by atoms with van der Waals surface area (Å²) in [6, 6.07) is 6.04. The molecule has 7 heteroatoms. The minimum Gasteiger partial charge on any atom is -0.493 e. The Hall–Kier alpha value is -2.12. The predicted molar refractivity (Wildman–Crippen MR) is 148 cm³/mol. The number of aliphatic carboxylic acids is 1. The van der Waals surface area contributed by atoms with E-state index in [9.17, 15) is 14.7 Å². The number of amides is 1. The number of likely N-dealkylation sites (tertiary alicyclic amines) is 1. The molecule has 37 heavy (non-hydrogen) atoms. The molecule has 1 aromatic carbocycles. The van der Waals surface area contributed by atoms with Crippen molar-refractivity contribution in [1.82, 2.24) is 14.7 Å². The highest BCUT2D eigenvalue weighted by Crippen LogP contribution is 2.42. The van der Waals surface area contributed by atoms with Crippen molar-refractivity contribution in [3.05, 3.63) is 29.3 Å². The quantitative estimate of drug-likeness (QED) is 0.371. The van der Waals surface area contributed by atoms with Gasteiger partial charge < -0.3 is 19.6 Å². The summed E-state index contributed by atoms with van der Waals surface area (Å²) < 4.78 is 5.69. The van der Waals surface area contributed by atoms with Crippen LogP contribution < -0.4 is 4.74 Å². The van der Waals surface area contributed by atoms with Crippen LogP contribution >= 0.6 is 0 Å². The Morgan fingerprint density at radius 1 is 1.14 bits per heavy atom. The molecule has 0 aliphatic carbocycles. The average molecular weight is 516 g/mol. The van der Waals surface area contributed by atoms with E-state index in [4.69, 9.17) is 4.74 Å². The van der Waals surface area contributed by atoms with E-state index in [1.165, 1.54) is 5.56 Å². The summed E-state index contributed by atoms with van der Waals surface area (Å²) in [6.45, 7) is 10.6. The van der Waals surface area contributed by atoms with E-state index < -0.39 is 11.9 Å². The molecule has 1 N–H and O–H groups in total. The van der Waals surface area contributed by atoms with Gasteiger partial charge in [0.25, 0.3) is 0 Å². The van der Waals surface area contributed by atoms with E-state index in [2.05, 4.69) is 50.7 Å². The second-order valence-corrected chi connectivity index (χ2v) is 11.5.